The second-order valence-electron chi connectivity index (χ2n) is 7.63. The first-order valence-corrected chi connectivity index (χ1v) is 9.89. The van der Waals surface area contributed by atoms with Crippen LogP contribution >= 0.6 is 0 Å². The van der Waals surface area contributed by atoms with Gasteiger partial charge in [0.25, 0.3) is 5.91 Å². The summed E-state index contributed by atoms with van der Waals surface area (Å²) in [6, 6.07) is 7.91. The van der Waals surface area contributed by atoms with Crippen molar-refractivity contribution in [2.75, 3.05) is 18.0 Å². The average Bonchev–Trinajstić information content (AvgIpc) is 3.09. The summed E-state index contributed by atoms with van der Waals surface area (Å²) in [5.74, 6) is 0.247. The van der Waals surface area contributed by atoms with Gasteiger partial charge in [-0.3, -0.25) is 4.79 Å². The standard InChI is InChI=1S/C22H25FN4O2/c1-14(25-22(29)16-3-5-18-12-24-15(2)27(18)13-16)20-11-17(23)4-6-21(20)26-9-7-19(28)8-10-26/h3-6,11-14,19,28H,7-10H2,1-2H3,(H,25,29). The molecule has 1 atom stereocenters. The van der Waals surface area contributed by atoms with Crippen LogP contribution in [0.3, 0.4) is 0 Å². The van der Waals surface area contributed by atoms with E-state index in [0.717, 1.165) is 22.6 Å². The zero-order valence-electron chi connectivity index (χ0n) is 16.6. The number of aliphatic hydroxyl groups excluding tert-OH is 1. The number of aliphatic hydroxyl groups is 1. The molecule has 0 radical (unpaired) electrons. The van der Waals surface area contributed by atoms with Crippen molar-refractivity contribution in [3.63, 3.8) is 0 Å². The van der Waals surface area contributed by atoms with Crippen molar-refractivity contribution in [2.45, 2.75) is 38.8 Å². The van der Waals surface area contributed by atoms with E-state index < -0.39 is 0 Å². The van der Waals surface area contributed by atoms with Gasteiger partial charge in [-0.2, -0.15) is 0 Å². The number of rotatable bonds is 4. The van der Waals surface area contributed by atoms with Gasteiger partial charge in [0.1, 0.15) is 11.6 Å². The van der Waals surface area contributed by atoms with Gasteiger partial charge in [-0.25, -0.2) is 9.37 Å². The number of fused-ring (bicyclic) bond motifs is 1. The number of carbonyl (C=O) groups excluding carboxylic acids is 1. The van der Waals surface area contributed by atoms with E-state index in [0.29, 0.717) is 31.5 Å². The van der Waals surface area contributed by atoms with Crippen LogP contribution in [0.1, 0.15) is 47.6 Å². The fraction of sp³-hybridized carbons (Fsp3) is 0.364. The maximum absolute atomic E-state index is 14.0. The van der Waals surface area contributed by atoms with E-state index in [1.807, 2.05) is 24.3 Å². The van der Waals surface area contributed by atoms with Crippen molar-refractivity contribution in [1.29, 1.82) is 0 Å². The van der Waals surface area contributed by atoms with Gasteiger partial charge >= 0.3 is 0 Å². The Labute approximate surface area is 169 Å². The molecule has 1 amide bonds. The molecule has 152 valence electrons. The minimum Gasteiger partial charge on any atom is -0.393 e. The molecule has 1 aromatic carbocycles. The lowest BCUT2D eigenvalue weighted by molar-refractivity contribution is 0.0939. The van der Waals surface area contributed by atoms with E-state index in [2.05, 4.69) is 15.2 Å². The van der Waals surface area contributed by atoms with Gasteiger partial charge in [0.05, 0.1) is 29.4 Å². The van der Waals surface area contributed by atoms with Crippen LogP contribution < -0.4 is 10.2 Å². The third kappa shape index (κ3) is 3.96. The number of aromatic nitrogens is 2. The fourth-order valence-corrected chi connectivity index (χ4v) is 3.88. The maximum atomic E-state index is 14.0. The number of piperidine rings is 1. The van der Waals surface area contributed by atoms with Gasteiger partial charge in [0, 0.05) is 30.5 Å². The SMILES string of the molecule is Cc1ncc2ccc(C(=O)NC(C)c3cc(F)ccc3N3CCC(O)CC3)cn12. The summed E-state index contributed by atoms with van der Waals surface area (Å²) in [4.78, 5) is 19.2. The molecule has 1 fully saturated rings. The highest BCUT2D eigenvalue weighted by molar-refractivity contribution is 5.94. The van der Waals surface area contributed by atoms with Crippen molar-refractivity contribution in [2.24, 2.45) is 0 Å². The molecule has 29 heavy (non-hydrogen) atoms. The van der Waals surface area contributed by atoms with Crippen LogP contribution in [0, 0.1) is 12.7 Å². The molecule has 0 saturated carbocycles. The van der Waals surface area contributed by atoms with Gasteiger partial charge in [0.15, 0.2) is 0 Å². The normalized spacial score (nSPS) is 16.2. The van der Waals surface area contributed by atoms with E-state index in [1.165, 1.54) is 12.1 Å². The molecule has 6 nitrogen and oxygen atoms in total. The molecule has 0 spiro atoms. The Balaban J connectivity index is 1.57. The van der Waals surface area contributed by atoms with E-state index >= 15 is 0 Å². The zero-order chi connectivity index (χ0) is 20.5. The first kappa shape index (κ1) is 19.4. The Morgan fingerprint density at radius 1 is 1.28 bits per heavy atom. The van der Waals surface area contributed by atoms with Crippen molar-refractivity contribution in [3.8, 4) is 0 Å². The maximum Gasteiger partial charge on any atom is 0.253 e. The van der Waals surface area contributed by atoms with Crippen LogP contribution in [0.4, 0.5) is 10.1 Å². The third-order valence-corrected chi connectivity index (χ3v) is 5.58. The predicted molar refractivity (Wildman–Crippen MR) is 110 cm³/mol. The van der Waals surface area contributed by atoms with E-state index in [-0.39, 0.29) is 23.9 Å². The first-order chi connectivity index (χ1) is 13.9. The van der Waals surface area contributed by atoms with Crippen molar-refractivity contribution < 1.29 is 14.3 Å². The van der Waals surface area contributed by atoms with Gasteiger partial charge in [-0.1, -0.05) is 0 Å². The average molecular weight is 396 g/mol. The second-order valence-corrected chi connectivity index (χ2v) is 7.63. The summed E-state index contributed by atoms with van der Waals surface area (Å²) >= 11 is 0. The fourth-order valence-electron chi connectivity index (χ4n) is 3.88. The number of imidazole rings is 1. The minimum absolute atomic E-state index is 0.225. The monoisotopic (exact) mass is 396 g/mol. The van der Waals surface area contributed by atoms with E-state index in [4.69, 9.17) is 0 Å². The molecule has 2 aromatic heterocycles. The predicted octanol–water partition coefficient (Wildman–Crippen LogP) is 3.23. The zero-order valence-corrected chi connectivity index (χ0v) is 16.6. The molecular formula is C22H25FN4O2. The van der Waals surface area contributed by atoms with Gasteiger partial charge in [-0.05, 0) is 57.0 Å². The molecule has 3 heterocycles. The molecule has 7 heteroatoms. The lowest BCUT2D eigenvalue weighted by atomic mass is 10.0. The number of nitrogens with one attached hydrogen (secondary N) is 1. The molecule has 1 aliphatic rings. The molecule has 1 unspecified atom stereocenters. The smallest absolute Gasteiger partial charge is 0.253 e. The van der Waals surface area contributed by atoms with Crippen molar-refractivity contribution in [3.05, 3.63) is 65.5 Å². The quantitative estimate of drug-likeness (QED) is 0.710. The lowest BCUT2D eigenvalue weighted by Gasteiger charge is -2.34. The number of aryl methyl sites for hydroxylation is 1. The van der Waals surface area contributed by atoms with Crippen LogP contribution in [0.15, 0.2) is 42.7 Å². The second kappa shape index (κ2) is 7.83. The third-order valence-electron chi connectivity index (χ3n) is 5.58. The largest absolute Gasteiger partial charge is 0.393 e. The Kier molecular flexibility index (Phi) is 5.24. The van der Waals surface area contributed by atoms with Gasteiger partial charge in [-0.15, -0.1) is 0 Å². The number of benzene rings is 1. The Hall–Kier alpha value is -2.93. The topological polar surface area (TPSA) is 69.9 Å². The highest BCUT2D eigenvalue weighted by atomic mass is 19.1. The number of halogens is 1. The summed E-state index contributed by atoms with van der Waals surface area (Å²) in [5.41, 5.74) is 3.07. The number of hydrogen-bond donors (Lipinski definition) is 2. The van der Waals surface area contributed by atoms with Gasteiger partial charge in [0.2, 0.25) is 0 Å². The van der Waals surface area contributed by atoms with Crippen LogP contribution in [0.25, 0.3) is 5.52 Å². The van der Waals surface area contributed by atoms with E-state index in [1.54, 1.807) is 24.5 Å². The molecule has 0 bridgehead atoms. The van der Waals surface area contributed by atoms with E-state index in [9.17, 15) is 14.3 Å². The molecule has 1 aliphatic heterocycles. The molecule has 3 aromatic rings. The van der Waals surface area contributed by atoms with Crippen molar-refractivity contribution >= 4 is 17.1 Å². The summed E-state index contributed by atoms with van der Waals surface area (Å²) in [5, 5.41) is 12.8. The Morgan fingerprint density at radius 2 is 2.03 bits per heavy atom. The molecule has 1 saturated heterocycles. The van der Waals surface area contributed by atoms with Gasteiger partial charge < -0.3 is 19.7 Å². The summed E-state index contributed by atoms with van der Waals surface area (Å²) in [6.45, 7) is 5.15. The molecule has 2 N–H and O–H groups in total. The van der Waals surface area contributed by atoms with Crippen LogP contribution in [-0.4, -0.2) is 39.6 Å². The number of amides is 1. The van der Waals surface area contributed by atoms with Crippen LogP contribution in [-0.2, 0) is 0 Å². The first-order valence-electron chi connectivity index (χ1n) is 9.89. The summed E-state index contributed by atoms with van der Waals surface area (Å²) in [6.07, 6.45) is 4.60. The van der Waals surface area contributed by atoms with Crippen LogP contribution in [0.2, 0.25) is 0 Å². The Bertz CT molecular complexity index is 1040. The summed E-state index contributed by atoms with van der Waals surface area (Å²) < 4.78 is 15.9. The molecular weight excluding hydrogens is 371 g/mol. The molecule has 0 aliphatic carbocycles. The molecule has 4 rings (SSSR count). The van der Waals surface area contributed by atoms with Crippen LogP contribution in [0.5, 0.6) is 0 Å². The number of nitrogens with zero attached hydrogens (tertiary/aromatic N) is 3. The summed E-state index contributed by atoms with van der Waals surface area (Å²) in [7, 11) is 0. The Morgan fingerprint density at radius 3 is 2.79 bits per heavy atom. The number of carbonyl (C=O) groups is 1. The highest BCUT2D eigenvalue weighted by Crippen LogP contribution is 2.30. The minimum atomic E-state index is -0.375. The highest BCUT2D eigenvalue weighted by Gasteiger charge is 2.23. The van der Waals surface area contributed by atoms with Crippen molar-refractivity contribution in [1.82, 2.24) is 14.7 Å². The number of anilines is 1. The lowest BCUT2D eigenvalue weighted by Crippen LogP contribution is -2.37. The number of pyridine rings is 1. The number of hydrogen-bond acceptors (Lipinski definition) is 4.